The molecule has 0 N–H and O–H groups in total. The van der Waals surface area contributed by atoms with E-state index in [1.165, 1.54) is 148 Å². The fourth-order valence-electron chi connectivity index (χ4n) is 22.1. The van der Waals surface area contributed by atoms with Gasteiger partial charge in [0, 0.05) is 60.5 Å². The summed E-state index contributed by atoms with van der Waals surface area (Å²) in [7, 11) is -5.82. The number of hydrogen-bond donors (Lipinski definition) is 0. The highest BCUT2D eigenvalue weighted by Crippen LogP contribution is 2.59. The zero-order valence-corrected chi connectivity index (χ0v) is 76.9. The first-order valence-corrected chi connectivity index (χ1v) is 54.5. The molecule has 0 spiro atoms. The molecule has 131 heavy (non-hydrogen) atoms. The average molecular weight is 1730 g/mol. The van der Waals surface area contributed by atoms with E-state index in [1.807, 2.05) is 6.07 Å². The predicted molar refractivity (Wildman–Crippen MR) is 551 cm³/mol. The van der Waals surface area contributed by atoms with Crippen molar-refractivity contribution < 1.29 is 0 Å². The second-order valence-electron chi connectivity index (χ2n) is 36.6. The first kappa shape index (κ1) is 80.2. The third kappa shape index (κ3) is 13.1. The van der Waals surface area contributed by atoms with Crippen LogP contribution in [-0.4, -0.2) is 54.1 Å². The number of nitrogens with zero attached hydrogens (tertiary/aromatic N) is 6. The lowest BCUT2D eigenvalue weighted by Crippen LogP contribution is -2.50. The van der Waals surface area contributed by atoms with Crippen LogP contribution in [0.2, 0.25) is 39.3 Å². The van der Waals surface area contributed by atoms with Crippen LogP contribution >= 0.6 is 0 Å². The van der Waals surface area contributed by atoms with Gasteiger partial charge < -0.3 is 0 Å². The molecule has 9 heteroatoms. The molecule has 622 valence electrons. The smallest absolute Gasteiger partial charge is 0.159 e. The zero-order chi connectivity index (χ0) is 88.2. The number of aromatic nitrogens is 6. The van der Waals surface area contributed by atoms with Gasteiger partial charge in [0.05, 0.1) is 27.9 Å². The van der Waals surface area contributed by atoms with Crippen LogP contribution in [0.15, 0.2) is 449 Å². The maximum absolute atomic E-state index is 5.44. The lowest BCUT2D eigenvalue weighted by Gasteiger charge is -2.34. The molecule has 17 aromatic carbocycles. The molecular formula is C122H92N6Si3. The molecule has 0 bridgehead atoms. The van der Waals surface area contributed by atoms with Crippen molar-refractivity contribution in [3.8, 4) is 146 Å². The van der Waals surface area contributed by atoms with Gasteiger partial charge in [-0.25, -0.2) is 29.9 Å². The van der Waals surface area contributed by atoms with Gasteiger partial charge in [0.25, 0.3) is 0 Å². The van der Waals surface area contributed by atoms with E-state index < -0.39 is 35.1 Å². The lowest BCUT2D eigenvalue weighted by atomic mass is 9.67. The van der Waals surface area contributed by atoms with Crippen molar-refractivity contribution in [3.63, 3.8) is 0 Å². The van der Waals surface area contributed by atoms with Crippen molar-refractivity contribution in [1.82, 2.24) is 29.9 Å². The third-order valence-electron chi connectivity index (χ3n) is 28.2. The Labute approximate surface area is 769 Å². The highest BCUT2D eigenvalue weighted by molar-refractivity contribution is 7.04. The Kier molecular flexibility index (Phi) is 19.7. The van der Waals surface area contributed by atoms with Crippen LogP contribution in [0, 0.1) is 0 Å². The molecule has 0 fully saturated rings. The van der Waals surface area contributed by atoms with Gasteiger partial charge in [-0.3, -0.25) is 0 Å². The van der Waals surface area contributed by atoms with E-state index >= 15 is 0 Å². The summed E-state index contributed by atoms with van der Waals surface area (Å²) in [6.45, 7) is 14.4. The van der Waals surface area contributed by atoms with Gasteiger partial charge in [0.1, 0.15) is 30.5 Å². The van der Waals surface area contributed by atoms with Gasteiger partial charge in [-0.15, -0.1) is 0 Å². The molecule has 5 aliphatic rings. The molecule has 2 aliphatic carbocycles. The van der Waals surface area contributed by atoms with Crippen molar-refractivity contribution in [2.45, 2.75) is 50.1 Å². The molecule has 0 atom stereocenters. The van der Waals surface area contributed by atoms with Gasteiger partial charge >= 0.3 is 0 Å². The molecule has 25 rings (SSSR count). The molecule has 20 aromatic rings. The maximum Gasteiger partial charge on any atom is 0.159 e. The molecule has 0 radical (unpaired) electrons. The number of rotatable bonds is 12. The Morgan fingerprint density at radius 3 is 0.779 bits per heavy atom. The molecule has 3 aromatic heterocycles. The summed E-state index contributed by atoms with van der Waals surface area (Å²) in [6.07, 6.45) is 1.72. The average Bonchev–Trinajstić information content (AvgIpc) is 1.55. The second-order valence-corrected chi connectivity index (χ2v) is 49.4. The van der Waals surface area contributed by atoms with Crippen LogP contribution in [0.5, 0.6) is 0 Å². The minimum absolute atomic E-state index is 0.441. The number of hydrogen-bond acceptors (Lipinski definition) is 6. The van der Waals surface area contributed by atoms with Gasteiger partial charge in [-0.05, 0) is 163 Å². The lowest BCUT2D eigenvalue weighted by molar-refractivity contribution is 0.769. The first-order chi connectivity index (χ1) is 64.3. The molecule has 0 unspecified atom stereocenters. The minimum atomic E-state index is -2.06. The van der Waals surface area contributed by atoms with Crippen molar-refractivity contribution >= 4 is 55.7 Å². The fourth-order valence-corrected chi connectivity index (χ4v) is 30.8. The van der Waals surface area contributed by atoms with E-state index in [0.717, 1.165) is 73.2 Å². The highest BCUT2D eigenvalue weighted by Gasteiger charge is 2.50. The van der Waals surface area contributed by atoms with Gasteiger partial charge in [0.15, 0.2) is 11.6 Å². The second kappa shape index (κ2) is 32.1. The van der Waals surface area contributed by atoms with Crippen LogP contribution < -0.4 is 31.5 Å². The molecule has 0 saturated carbocycles. The number of benzene rings is 17. The van der Waals surface area contributed by atoms with Gasteiger partial charge in [-0.1, -0.05) is 452 Å². The number of fused-ring (bicyclic) bond motifs is 15. The zero-order valence-electron chi connectivity index (χ0n) is 73.9. The fraction of sp³-hybridized carbons (Fsp3) is 0.0656. The van der Waals surface area contributed by atoms with Crippen LogP contribution in [0.3, 0.4) is 0 Å². The highest BCUT2D eigenvalue weighted by atomic mass is 28.3. The normalized spacial score (nSPS) is 14.2. The van der Waals surface area contributed by atoms with Crippen molar-refractivity contribution in [3.05, 3.63) is 494 Å². The van der Waals surface area contributed by atoms with Gasteiger partial charge in [0.2, 0.25) is 0 Å². The summed E-state index contributed by atoms with van der Waals surface area (Å²) in [4.78, 5) is 30.9. The predicted octanol–water partition coefficient (Wildman–Crippen LogP) is 25.9. The third-order valence-corrected chi connectivity index (χ3v) is 38.2. The Bertz CT molecular complexity index is 7800. The van der Waals surface area contributed by atoms with E-state index in [0.29, 0.717) is 0 Å². The summed E-state index contributed by atoms with van der Waals surface area (Å²) in [5.41, 5.74) is 37.7. The molecule has 0 amide bonds. The maximum atomic E-state index is 5.44. The summed E-state index contributed by atoms with van der Waals surface area (Å²) >= 11 is 0. The van der Waals surface area contributed by atoms with Crippen LogP contribution in [0.1, 0.15) is 44.5 Å². The molecule has 3 aliphatic heterocycles. The summed E-state index contributed by atoms with van der Waals surface area (Å²) in [5.74, 6) is 1.56. The van der Waals surface area contributed by atoms with E-state index in [1.54, 1.807) is 6.33 Å². The van der Waals surface area contributed by atoms with Crippen LogP contribution in [-0.2, 0) is 10.8 Å². The monoisotopic (exact) mass is 1720 g/mol. The van der Waals surface area contributed by atoms with E-state index in [-0.39, 0.29) is 0 Å². The topological polar surface area (TPSA) is 77.3 Å². The Morgan fingerprint density at radius 2 is 0.427 bits per heavy atom. The SMILES string of the molecule is C[Si]1(C)c2ccccc2-c2c(-c3ccccc3)nc(-c3cccc(-c4cccc(-c5cccc(C6(c7ccccc7)c7ccccc7-c7ccccc76)c5)c4)c3)nc21.C[Si]1(C)c2ccccc2-c2c(-c3ccccc3)nc(-c3cccc(-c4cccc(C5(c6ccccc6)c6ccccc6-c6ccccc65)c4)c3)nc21.C[Si]1(C)c2ccccc2-c2c(-c3ccccc3)ncnc21. The van der Waals surface area contributed by atoms with Crippen molar-refractivity contribution in [2.24, 2.45) is 0 Å². The van der Waals surface area contributed by atoms with Crippen molar-refractivity contribution in [2.75, 3.05) is 0 Å². The van der Waals surface area contributed by atoms with Gasteiger partial charge in [-0.2, -0.15) is 0 Å². The summed E-state index contributed by atoms with van der Waals surface area (Å²) in [6, 6.07) is 161. The van der Waals surface area contributed by atoms with E-state index in [9.17, 15) is 0 Å². The largest absolute Gasteiger partial charge is 0.245 e. The first-order valence-electron chi connectivity index (χ1n) is 45.5. The van der Waals surface area contributed by atoms with Crippen molar-refractivity contribution in [1.29, 1.82) is 0 Å². The van der Waals surface area contributed by atoms with Crippen LogP contribution in [0.25, 0.3) is 146 Å². The quantitative estimate of drug-likeness (QED) is 0.113. The molecule has 6 heterocycles. The molecule has 6 nitrogen and oxygen atoms in total. The van der Waals surface area contributed by atoms with Crippen LogP contribution in [0.4, 0.5) is 0 Å². The Balaban J connectivity index is 0.000000123. The van der Waals surface area contributed by atoms with E-state index in [4.69, 9.17) is 19.9 Å². The van der Waals surface area contributed by atoms with E-state index in [2.05, 4.69) is 486 Å². The standard InChI is InChI=1S/C55H40N2Si.C49H36N2Si.C18H16N2Si/c1-58(2)50-33-14-11-30-47(50)51-52(37-18-5-3-6-19-37)56-53(57-54(51)58)42-24-16-22-40(35-42)38-20-15-21-39(34-38)41-23-17-27-44(36-41)55(43-25-7-4-8-26-43)48-31-12-9-28-45(48)46-29-10-13-32-49(46)55;1-52(2)44-30-14-11-27-41(44)45-46(33-17-5-3-6-18-33)50-47(51-48(45)52)36-21-15-19-34(31-36)35-20-16-24-38(32-35)49(37-22-7-4-8-23-37)42-28-12-9-25-39(42)40-26-10-13-29-43(40)49;1-21(2)15-11-7-6-10-14(15)16-17(19-12-20-18(16)21)13-8-4-3-5-9-13/h3-36H,1-2H3;3-32H,1-2H3;3-12H,1-2H3. The minimum Gasteiger partial charge on any atom is -0.245 e. The summed E-state index contributed by atoms with van der Waals surface area (Å²) < 4.78 is 0. The molecule has 0 saturated heterocycles. The Morgan fingerprint density at radius 1 is 0.183 bits per heavy atom. The molecular weight excluding hydrogens is 1630 g/mol. The Hall–Kier alpha value is -15.4. The summed E-state index contributed by atoms with van der Waals surface area (Å²) in [5, 5.41) is 8.02.